The van der Waals surface area contributed by atoms with Gasteiger partial charge in [0.05, 0.1) is 41.4 Å². The van der Waals surface area contributed by atoms with Crippen LogP contribution in [0.15, 0.2) is 48.8 Å². The molecule has 2 heterocycles. The predicted octanol–water partition coefficient (Wildman–Crippen LogP) is 6.87. The van der Waals surface area contributed by atoms with Gasteiger partial charge in [-0.3, -0.25) is 4.98 Å². The van der Waals surface area contributed by atoms with Gasteiger partial charge in [0.1, 0.15) is 17.6 Å². The molecule has 1 aliphatic rings. The van der Waals surface area contributed by atoms with Crippen molar-refractivity contribution in [1.82, 2.24) is 20.0 Å². The molecule has 1 saturated carbocycles. The van der Waals surface area contributed by atoms with E-state index >= 15 is 0 Å². The summed E-state index contributed by atoms with van der Waals surface area (Å²) >= 11 is 6.70. The fourth-order valence-electron chi connectivity index (χ4n) is 3.96. The average molecular weight is 519 g/mol. The highest BCUT2D eigenvalue weighted by Gasteiger charge is 2.27. The predicted molar refractivity (Wildman–Crippen MR) is 144 cm³/mol. The Balaban J connectivity index is 1.63. The van der Waals surface area contributed by atoms with Crippen LogP contribution in [-0.4, -0.2) is 26.0 Å². The van der Waals surface area contributed by atoms with Gasteiger partial charge in [-0.15, -0.1) is 5.10 Å². The Labute approximate surface area is 222 Å². The zero-order valence-corrected chi connectivity index (χ0v) is 21.9. The standard InChI is InChI=1S/C28H29ClFN7/c1-16(28(2,3)4)33-25-18(13-31)14-32-27-22(25)11-20(12-23(27)29)34-26(17-5-7-19(30)8-6-17)24-15-37(36-35-24)21-9-10-21/h5-8,11-12,14-16,21,26,34H,9-10H2,1-4H3,(H,32,33)/i26D. The maximum absolute atomic E-state index is 13.8. The van der Waals surface area contributed by atoms with E-state index in [4.69, 9.17) is 11.6 Å². The number of hydrogen-bond acceptors (Lipinski definition) is 6. The summed E-state index contributed by atoms with van der Waals surface area (Å²) < 4.78 is 25.1. The summed E-state index contributed by atoms with van der Waals surface area (Å²) in [7, 11) is 0. The molecule has 4 aromatic rings. The molecule has 0 amide bonds. The van der Waals surface area contributed by atoms with Crippen molar-refractivity contribution in [1.29, 1.82) is 5.26 Å². The number of nitriles is 1. The van der Waals surface area contributed by atoms with Gasteiger partial charge in [-0.25, -0.2) is 9.07 Å². The molecule has 0 bridgehead atoms. The number of benzene rings is 2. The fraction of sp³-hybridized carbons (Fsp3) is 0.357. The summed E-state index contributed by atoms with van der Waals surface area (Å²) in [5.74, 6) is -0.398. The van der Waals surface area contributed by atoms with Crippen molar-refractivity contribution in [2.24, 2.45) is 5.41 Å². The van der Waals surface area contributed by atoms with E-state index in [0.29, 0.717) is 44.1 Å². The van der Waals surface area contributed by atoms with Crippen molar-refractivity contribution < 1.29 is 5.76 Å². The lowest BCUT2D eigenvalue weighted by Gasteiger charge is -2.30. The molecule has 0 saturated heterocycles. The lowest BCUT2D eigenvalue weighted by molar-refractivity contribution is 0.359. The summed E-state index contributed by atoms with van der Waals surface area (Å²) in [6.07, 6.45) is 5.32. The summed E-state index contributed by atoms with van der Waals surface area (Å²) in [5, 5.41) is 26.2. The van der Waals surface area contributed by atoms with Gasteiger partial charge in [0.15, 0.2) is 0 Å². The Morgan fingerprint density at radius 3 is 2.59 bits per heavy atom. The van der Waals surface area contributed by atoms with Crippen LogP contribution in [0.3, 0.4) is 0 Å². The van der Waals surface area contributed by atoms with E-state index in [0.717, 1.165) is 12.8 Å². The Hall–Kier alpha value is -3.70. The van der Waals surface area contributed by atoms with E-state index in [9.17, 15) is 11.0 Å². The van der Waals surface area contributed by atoms with Gasteiger partial charge in [-0.05, 0) is 55.0 Å². The lowest BCUT2D eigenvalue weighted by Crippen LogP contribution is -2.31. The molecule has 37 heavy (non-hydrogen) atoms. The highest BCUT2D eigenvalue weighted by Crippen LogP contribution is 2.38. The maximum atomic E-state index is 13.8. The first-order chi connectivity index (χ1) is 18.0. The van der Waals surface area contributed by atoms with Crippen molar-refractivity contribution in [3.8, 4) is 6.07 Å². The fourth-order valence-corrected chi connectivity index (χ4v) is 4.23. The van der Waals surface area contributed by atoms with E-state index in [-0.39, 0.29) is 17.5 Å². The van der Waals surface area contributed by atoms with Gasteiger partial charge in [0.25, 0.3) is 0 Å². The normalized spacial score (nSPS) is 16.5. The van der Waals surface area contributed by atoms with Crippen LogP contribution in [0.5, 0.6) is 0 Å². The highest BCUT2D eigenvalue weighted by molar-refractivity contribution is 6.35. The van der Waals surface area contributed by atoms with Crippen LogP contribution < -0.4 is 10.6 Å². The van der Waals surface area contributed by atoms with Crippen molar-refractivity contribution in [3.63, 3.8) is 0 Å². The molecule has 0 spiro atoms. The number of pyridine rings is 1. The third kappa shape index (κ3) is 5.23. The third-order valence-corrected chi connectivity index (χ3v) is 7.08. The van der Waals surface area contributed by atoms with Crippen molar-refractivity contribution >= 4 is 33.9 Å². The molecule has 9 heteroatoms. The van der Waals surface area contributed by atoms with Crippen LogP contribution in [0.4, 0.5) is 15.8 Å². The lowest BCUT2D eigenvalue weighted by atomic mass is 9.87. The molecule has 2 aromatic heterocycles. The monoisotopic (exact) mass is 518 g/mol. The number of hydrogen-bond donors (Lipinski definition) is 2. The quantitative estimate of drug-likeness (QED) is 0.277. The molecule has 1 fully saturated rings. The molecule has 2 N–H and O–H groups in total. The Morgan fingerprint density at radius 1 is 1.22 bits per heavy atom. The highest BCUT2D eigenvalue weighted by atomic mass is 35.5. The van der Waals surface area contributed by atoms with Gasteiger partial charge in [-0.2, -0.15) is 5.26 Å². The smallest absolute Gasteiger partial charge is 0.123 e. The van der Waals surface area contributed by atoms with Crippen molar-refractivity contribution in [3.05, 3.63) is 76.5 Å². The summed E-state index contributed by atoms with van der Waals surface area (Å²) in [6.45, 7) is 8.41. The number of rotatable bonds is 7. The largest absolute Gasteiger partial charge is 0.380 e. The average Bonchev–Trinajstić information content (AvgIpc) is 3.59. The molecule has 7 nitrogen and oxygen atoms in total. The van der Waals surface area contributed by atoms with Crippen LogP contribution >= 0.6 is 11.6 Å². The van der Waals surface area contributed by atoms with Gasteiger partial charge in [-0.1, -0.05) is 49.7 Å². The molecule has 5 rings (SSSR count). The molecule has 2 aromatic carbocycles. The minimum Gasteiger partial charge on any atom is -0.380 e. The molecule has 0 aliphatic heterocycles. The second-order valence-electron chi connectivity index (χ2n) is 10.6. The van der Waals surface area contributed by atoms with E-state index in [2.05, 4.69) is 59.7 Å². The summed E-state index contributed by atoms with van der Waals surface area (Å²) in [6, 6.07) is 10.2. The van der Waals surface area contributed by atoms with Crippen LogP contribution in [0, 0.1) is 22.6 Å². The number of nitrogens with zero attached hydrogens (tertiary/aromatic N) is 5. The van der Waals surface area contributed by atoms with Gasteiger partial charge < -0.3 is 10.6 Å². The minimum absolute atomic E-state index is 0.0301. The van der Waals surface area contributed by atoms with Crippen LogP contribution in [0.2, 0.25) is 5.02 Å². The maximum Gasteiger partial charge on any atom is 0.123 e. The molecular formula is C28H29ClFN7. The molecule has 0 radical (unpaired) electrons. The van der Waals surface area contributed by atoms with E-state index in [1.165, 1.54) is 18.3 Å². The number of anilines is 2. The first kappa shape index (κ1) is 23.7. The first-order valence-electron chi connectivity index (χ1n) is 12.7. The van der Waals surface area contributed by atoms with Gasteiger partial charge in [0.2, 0.25) is 0 Å². The number of nitrogens with one attached hydrogen (secondary N) is 2. The van der Waals surface area contributed by atoms with Gasteiger partial charge >= 0.3 is 0 Å². The van der Waals surface area contributed by atoms with Crippen LogP contribution in [-0.2, 0) is 0 Å². The van der Waals surface area contributed by atoms with Crippen LogP contribution in [0.25, 0.3) is 10.9 Å². The topological polar surface area (TPSA) is 91.5 Å². The van der Waals surface area contributed by atoms with Crippen molar-refractivity contribution in [2.75, 3.05) is 10.6 Å². The summed E-state index contributed by atoms with van der Waals surface area (Å²) in [4.78, 5) is 4.44. The second kappa shape index (κ2) is 9.64. The minimum atomic E-state index is -1.59. The zero-order chi connectivity index (χ0) is 27.2. The molecule has 1 aliphatic carbocycles. The number of fused-ring (bicyclic) bond motifs is 1. The Kier molecular flexibility index (Phi) is 6.17. The van der Waals surface area contributed by atoms with Crippen LogP contribution in [0.1, 0.15) is 70.8 Å². The Morgan fingerprint density at radius 2 is 1.95 bits per heavy atom. The first-order valence-corrected chi connectivity index (χ1v) is 12.6. The van der Waals surface area contributed by atoms with E-state index in [1.807, 2.05) is 6.07 Å². The van der Waals surface area contributed by atoms with E-state index in [1.54, 1.807) is 29.1 Å². The number of aromatic nitrogens is 4. The second-order valence-corrected chi connectivity index (χ2v) is 11.0. The molecular weight excluding hydrogens is 489 g/mol. The molecule has 190 valence electrons. The van der Waals surface area contributed by atoms with Crippen molar-refractivity contribution in [2.45, 2.75) is 58.6 Å². The SMILES string of the molecule is [2H]C(Nc1cc(Cl)c2ncc(C#N)c(NC(C)C(C)(C)C)c2c1)(c1ccc(F)cc1)c1cn(C2CC2)nn1. The number of halogens is 2. The third-order valence-electron chi connectivity index (χ3n) is 6.79. The Bertz CT molecular complexity index is 1540. The summed E-state index contributed by atoms with van der Waals surface area (Å²) in [5.41, 5.74) is 2.86. The van der Waals surface area contributed by atoms with Gasteiger partial charge in [0, 0.05) is 23.3 Å². The van der Waals surface area contributed by atoms with E-state index < -0.39 is 11.8 Å². The molecule has 2 unspecified atom stereocenters. The molecule has 2 atom stereocenters. The zero-order valence-electron chi connectivity index (χ0n) is 22.2.